The minimum Gasteiger partial charge on any atom is -0.466 e. The number of hydrogen-bond acceptors (Lipinski definition) is 11. The molecule has 1 amide bonds. The third-order valence-electron chi connectivity index (χ3n) is 8.45. The van der Waals surface area contributed by atoms with Crippen molar-refractivity contribution in [3.8, 4) is 11.1 Å². The monoisotopic (exact) mass is 656 g/mol. The van der Waals surface area contributed by atoms with Gasteiger partial charge in [-0.2, -0.15) is 0 Å². The quantitative estimate of drug-likeness (QED) is 0.137. The molecule has 12 heteroatoms. The molecule has 47 heavy (non-hydrogen) atoms. The molecule has 0 radical (unpaired) electrons. The van der Waals surface area contributed by atoms with E-state index in [9.17, 15) is 24.3 Å². The Labute approximate surface area is 276 Å². The van der Waals surface area contributed by atoms with Gasteiger partial charge in [0.2, 0.25) is 0 Å². The number of benzene rings is 2. The van der Waals surface area contributed by atoms with Gasteiger partial charge in [-0.25, -0.2) is 4.79 Å². The summed E-state index contributed by atoms with van der Waals surface area (Å²) in [5.74, 6) is -5.58. The number of methoxy groups -OCH3 is 1. The second-order valence-electron chi connectivity index (χ2n) is 11.7. The highest BCUT2D eigenvalue weighted by atomic mass is 16.7. The number of hydrogen-bond donors (Lipinski definition) is 3. The first-order chi connectivity index (χ1) is 22.4. The molecule has 1 aliphatic heterocycles. The third-order valence-corrected chi connectivity index (χ3v) is 8.45. The maximum Gasteiger partial charge on any atom is 0.369 e. The molecule has 7 atom stereocenters. The molecule has 4 N–H and O–H groups in total. The van der Waals surface area contributed by atoms with Crippen LogP contribution in [0, 0.1) is 11.8 Å². The summed E-state index contributed by atoms with van der Waals surface area (Å²) in [7, 11) is 1.15. The number of nitrogens with one attached hydrogen (secondary N) is 1. The summed E-state index contributed by atoms with van der Waals surface area (Å²) in [6, 6.07) is 15.9. The van der Waals surface area contributed by atoms with E-state index in [0.29, 0.717) is 31.4 Å². The van der Waals surface area contributed by atoms with Crippen LogP contribution in [0.3, 0.4) is 0 Å². The molecule has 2 aromatic carbocycles. The first-order valence-corrected chi connectivity index (χ1v) is 16.1. The van der Waals surface area contributed by atoms with Gasteiger partial charge in [-0.3, -0.25) is 14.4 Å². The zero-order chi connectivity index (χ0) is 34.6. The number of unbranched alkanes of at least 4 members (excludes halogenated alkanes) is 2. The zero-order valence-electron chi connectivity index (χ0n) is 27.8. The Bertz CT molecular complexity index is 1320. The van der Waals surface area contributed by atoms with Gasteiger partial charge in [0.15, 0.2) is 0 Å². The Morgan fingerprint density at radius 1 is 1.02 bits per heavy atom. The van der Waals surface area contributed by atoms with Crippen molar-refractivity contribution in [3.63, 3.8) is 0 Å². The van der Waals surface area contributed by atoms with Crippen molar-refractivity contribution in [2.45, 2.75) is 83.5 Å². The van der Waals surface area contributed by atoms with Crippen molar-refractivity contribution in [3.05, 3.63) is 60.2 Å². The highest BCUT2D eigenvalue weighted by Gasteiger charge is 2.60. The predicted molar refractivity (Wildman–Crippen MR) is 173 cm³/mol. The number of amides is 1. The minimum absolute atomic E-state index is 0.00365. The number of ether oxygens (including phenoxy) is 5. The number of esters is 3. The van der Waals surface area contributed by atoms with Crippen molar-refractivity contribution in [2.75, 3.05) is 26.9 Å². The van der Waals surface area contributed by atoms with Crippen molar-refractivity contribution in [1.29, 1.82) is 0 Å². The van der Waals surface area contributed by atoms with Crippen LogP contribution < -0.4 is 11.1 Å². The SMILES string of the molecule is CCOC(=O)CCCCCO[C@@]1(C(=O)OC)OC([C@H](C)[C@@H](CNC(=O)c2ccc(-c3ccccc3)cc2)OC(C)=O)[C@H](C)[C@H](N)C1O. The number of nitrogens with two attached hydrogens (primary N) is 1. The fraction of sp³-hybridized carbons (Fsp3) is 0.543. The lowest BCUT2D eigenvalue weighted by Crippen LogP contribution is -2.70. The first kappa shape index (κ1) is 37.6. The van der Waals surface area contributed by atoms with Crippen LogP contribution in [0.2, 0.25) is 0 Å². The highest BCUT2D eigenvalue weighted by Crippen LogP contribution is 2.39. The molecular formula is C35H48N2O10. The molecule has 3 rings (SSSR count). The molecule has 0 spiro atoms. The highest BCUT2D eigenvalue weighted by molar-refractivity contribution is 5.94. The average molecular weight is 657 g/mol. The topological polar surface area (TPSA) is 173 Å². The van der Waals surface area contributed by atoms with Gasteiger partial charge in [-0.05, 0) is 43.0 Å². The van der Waals surface area contributed by atoms with Gasteiger partial charge < -0.3 is 39.8 Å². The summed E-state index contributed by atoms with van der Waals surface area (Å²) in [6.07, 6.45) is -1.45. The van der Waals surface area contributed by atoms with Gasteiger partial charge >= 0.3 is 17.9 Å². The molecule has 0 aliphatic carbocycles. The van der Waals surface area contributed by atoms with Gasteiger partial charge in [-0.15, -0.1) is 0 Å². The van der Waals surface area contributed by atoms with Crippen LogP contribution in [0.4, 0.5) is 0 Å². The van der Waals surface area contributed by atoms with Crippen LogP contribution in [0.15, 0.2) is 54.6 Å². The molecule has 2 aromatic rings. The Hall–Kier alpha value is -3.84. The van der Waals surface area contributed by atoms with Gasteiger partial charge in [0, 0.05) is 36.8 Å². The lowest BCUT2D eigenvalue weighted by atomic mass is 9.78. The number of carbonyl (C=O) groups excluding carboxylic acids is 4. The van der Waals surface area contributed by atoms with Gasteiger partial charge in [0.05, 0.1) is 33.0 Å². The largest absolute Gasteiger partial charge is 0.466 e. The Morgan fingerprint density at radius 2 is 1.68 bits per heavy atom. The molecular weight excluding hydrogens is 608 g/mol. The number of carbonyl (C=O) groups is 4. The van der Waals surface area contributed by atoms with Crippen molar-refractivity contribution in [1.82, 2.24) is 5.32 Å². The zero-order valence-corrected chi connectivity index (χ0v) is 27.8. The van der Waals surface area contributed by atoms with E-state index in [1.54, 1.807) is 32.9 Å². The average Bonchev–Trinajstić information content (AvgIpc) is 3.07. The van der Waals surface area contributed by atoms with Crippen molar-refractivity contribution < 1.29 is 48.0 Å². The normalized spacial score (nSPS) is 23.6. The lowest BCUT2D eigenvalue weighted by Gasteiger charge is -2.50. The molecule has 1 fully saturated rings. The molecule has 0 saturated carbocycles. The number of aliphatic hydroxyl groups excluding tert-OH is 1. The standard InChI is InChI=1S/C35H48N2O10/c1-6-44-29(39)15-11-8-12-20-45-35(34(42)43-5)32(40)30(36)23(3)31(47-35)22(2)28(46-24(4)38)21-37-33(41)27-18-16-26(17-19-27)25-13-9-7-10-14-25/h7,9-10,13-14,16-19,22-23,28,30-32,40H,6,8,11-12,15,20-21,36H2,1-5H3,(H,37,41)/t22-,23-,28-,30+,31?,32?,35-/m1/s1. The summed E-state index contributed by atoms with van der Waals surface area (Å²) in [4.78, 5) is 50.0. The summed E-state index contributed by atoms with van der Waals surface area (Å²) in [6.45, 7) is 6.75. The molecule has 0 bridgehead atoms. The van der Waals surface area contributed by atoms with Crippen LogP contribution in [-0.4, -0.2) is 85.9 Å². The fourth-order valence-electron chi connectivity index (χ4n) is 5.72. The van der Waals surface area contributed by atoms with Crippen LogP contribution in [0.25, 0.3) is 11.1 Å². The fourth-order valence-corrected chi connectivity index (χ4v) is 5.72. The van der Waals surface area contributed by atoms with E-state index in [1.165, 1.54) is 6.92 Å². The molecule has 1 saturated heterocycles. The smallest absolute Gasteiger partial charge is 0.369 e. The van der Waals surface area contributed by atoms with E-state index in [2.05, 4.69) is 5.32 Å². The maximum atomic E-state index is 13.1. The minimum atomic E-state index is -2.24. The molecule has 0 aromatic heterocycles. The molecule has 12 nitrogen and oxygen atoms in total. The molecule has 258 valence electrons. The summed E-state index contributed by atoms with van der Waals surface area (Å²) >= 11 is 0. The van der Waals surface area contributed by atoms with E-state index in [-0.39, 0.29) is 31.4 Å². The van der Waals surface area contributed by atoms with Gasteiger partial charge in [0.25, 0.3) is 11.7 Å². The van der Waals surface area contributed by atoms with Crippen LogP contribution in [-0.2, 0) is 38.1 Å². The predicted octanol–water partition coefficient (Wildman–Crippen LogP) is 3.38. The van der Waals surface area contributed by atoms with Crippen LogP contribution >= 0.6 is 0 Å². The van der Waals surface area contributed by atoms with E-state index in [0.717, 1.165) is 18.2 Å². The summed E-state index contributed by atoms with van der Waals surface area (Å²) in [5.41, 5.74) is 8.85. The molecule has 2 unspecified atom stereocenters. The van der Waals surface area contributed by atoms with Crippen LogP contribution in [0.1, 0.15) is 63.7 Å². The second kappa shape index (κ2) is 17.9. The molecule has 1 aliphatic rings. The maximum absolute atomic E-state index is 13.1. The van der Waals surface area contributed by atoms with Gasteiger partial charge in [0.1, 0.15) is 12.2 Å². The first-order valence-electron chi connectivity index (χ1n) is 16.1. The second-order valence-corrected chi connectivity index (χ2v) is 11.7. The third kappa shape index (κ3) is 9.83. The Kier molecular flexibility index (Phi) is 14.3. The summed E-state index contributed by atoms with van der Waals surface area (Å²) in [5, 5.41) is 14.0. The molecule has 1 heterocycles. The van der Waals surface area contributed by atoms with E-state index in [1.807, 2.05) is 42.5 Å². The van der Waals surface area contributed by atoms with Crippen LogP contribution in [0.5, 0.6) is 0 Å². The Balaban J connectivity index is 1.72. The number of aliphatic hydroxyl groups is 1. The van der Waals surface area contributed by atoms with E-state index in [4.69, 9.17) is 29.4 Å². The van der Waals surface area contributed by atoms with Gasteiger partial charge in [-0.1, -0.05) is 62.7 Å². The van der Waals surface area contributed by atoms with E-state index < -0.39 is 53.9 Å². The lowest BCUT2D eigenvalue weighted by molar-refractivity contribution is -0.334. The Morgan fingerprint density at radius 3 is 2.30 bits per heavy atom. The van der Waals surface area contributed by atoms with Crippen molar-refractivity contribution >= 4 is 23.8 Å². The number of rotatable bonds is 16. The van der Waals surface area contributed by atoms with Crippen molar-refractivity contribution in [2.24, 2.45) is 17.6 Å². The van der Waals surface area contributed by atoms with E-state index >= 15 is 0 Å². The summed E-state index contributed by atoms with van der Waals surface area (Å²) < 4.78 is 27.7.